The van der Waals surface area contributed by atoms with Gasteiger partial charge >= 0.3 is 0 Å². The van der Waals surface area contributed by atoms with Gasteiger partial charge in [0.15, 0.2) is 0 Å². The van der Waals surface area contributed by atoms with Gasteiger partial charge in [0.2, 0.25) is 5.91 Å². The summed E-state index contributed by atoms with van der Waals surface area (Å²) in [6.07, 6.45) is 0. The number of carbonyl (C=O) groups is 2. The van der Waals surface area contributed by atoms with Crippen molar-refractivity contribution in [2.75, 3.05) is 19.3 Å². The number of amides is 2. The van der Waals surface area contributed by atoms with E-state index in [4.69, 9.17) is 17.3 Å². The Hall–Kier alpha value is -1.75. The molecule has 0 aliphatic heterocycles. The molecule has 5 nitrogen and oxygen atoms in total. The number of rotatable bonds is 3. The molecule has 0 bridgehead atoms. The van der Waals surface area contributed by atoms with Gasteiger partial charge < -0.3 is 16.0 Å². The van der Waals surface area contributed by atoms with Crippen LogP contribution in [0.25, 0.3) is 0 Å². The van der Waals surface area contributed by atoms with Crippen molar-refractivity contribution in [1.29, 1.82) is 0 Å². The van der Waals surface area contributed by atoms with E-state index in [0.717, 1.165) is 0 Å². The third kappa shape index (κ3) is 4.42. The fourth-order valence-corrected chi connectivity index (χ4v) is 1.87. The van der Waals surface area contributed by atoms with E-state index in [2.05, 4.69) is 5.32 Å². The van der Waals surface area contributed by atoms with Gasteiger partial charge in [0, 0.05) is 12.6 Å². The summed E-state index contributed by atoms with van der Waals surface area (Å²) in [7, 11) is 1.55. The molecule has 0 aromatic heterocycles. The van der Waals surface area contributed by atoms with E-state index < -0.39 is 0 Å². The number of nitrogen functional groups attached to an aromatic ring is 1. The highest BCUT2D eigenvalue weighted by Gasteiger charge is 2.20. The number of carbonyl (C=O) groups excluding carboxylic acids is 2. The van der Waals surface area contributed by atoms with Gasteiger partial charge in [-0.3, -0.25) is 9.59 Å². The highest BCUT2D eigenvalue weighted by Crippen LogP contribution is 2.23. The molecule has 3 N–H and O–H groups in total. The van der Waals surface area contributed by atoms with Crippen LogP contribution in [0.1, 0.15) is 31.1 Å². The summed E-state index contributed by atoms with van der Waals surface area (Å²) < 4.78 is 0. The van der Waals surface area contributed by atoms with Crippen LogP contribution in [-0.4, -0.2) is 35.8 Å². The minimum Gasteiger partial charge on any atom is -0.398 e. The molecule has 0 atom stereocenters. The van der Waals surface area contributed by atoms with Gasteiger partial charge in [-0.05, 0) is 32.9 Å². The highest BCUT2D eigenvalue weighted by atomic mass is 35.5. The fraction of sp³-hybridized carbons (Fsp3) is 0.429. The Balaban J connectivity index is 2.77. The molecule has 0 heterocycles. The fourth-order valence-electron chi connectivity index (χ4n) is 1.67. The van der Waals surface area contributed by atoms with Crippen LogP contribution >= 0.6 is 11.6 Å². The number of anilines is 1. The Bertz CT molecular complexity index is 524. The number of nitrogens with one attached hydrogen (secondary N) is 1. The van der Waals surface area contributed by atoms with Crippen molar-refractivity contribution in [3.63, 3.8) is 0 Å². The molecule has 0 saturated carbocycles. The van der Waals surface area contributed by atoms with Gasteiger partial charge in [-0.15, -0.1) is 0 Å². The standard InChI is InChI=1S/C14H20ClN3O2/c1-14(2,3)17-11(19)8-18(4)13(20)9-6-5-7-10(16)12(9)15/h5-7H,8,16H2,1-4H3,(H,17,19). The van der Waals surface area contributed by atoms with Gasteiger partial charge in [0.1, 0.15) is 0 Å². The molecular formula is C14H20ClN3O2. The van der Waals surface area contributed by atoms with Crippen LogP contribution in [0.3, 0.4) is 0 Å². The predicted molar refractivity (Wildman–Crippen MR) is 80.7 cm³/mol. The SMILES string of the molecule is CN(CC(=O)NC(C)(C)C)C(=O)c1cccc(N)c1Cl. The van der Waals surface area contributed by atoms with E-state index in [1.54, 1.807) is 25.2 Å². The molecule has 0 spiro atoms. The minimum atomic E-state index is -0.341. The van der Waals surface area contributed by atoms with Crippen molar-refractivity contribution in [1.82, 2.24) is 10.2 Å². The summed E-state index contributed by atoms with van der Waals surface area (Å²) in [5, 5.41) is 3.00. The monoisotopic (exact) mass is 297 g/mol. The maximum absolute atomic E-state index is 12.2. The Morgan fingerprint density at radius 3 is 2.50 bits per heavy atom. The van der Waals surface area contributed by atoms with Gasteiger partial charge in [-0.2, -0.15) is 0 Å². The van der Waals surface area contributed by atoms with Crippen LogP contribution in [0.15, 0.2) is 18.2 Å². The molecule has 6 heteroatoms. The maximum Gasteiger partial charge on any atom is 0.255 e. The predicted octanol–water partition coefficient (Wildman–Crippen LogP) is 1.91. The normalized spacial score (nSPS) is 11.1. The topological polar surface area (TPSA) is 75.4 Å². The molecule has 0 saturated heterocycles. The van der Waals surface area contributed by atoms with Crippen LogP contribution in [0.2, 0.25) is 5.02 Å². The number of hydrogen-bond donors (Lipinski definition) is 2. The second-order valence-corrected chi connectivity index (χ2v) is 6.05. The highest BCUT2D eigenvalue weighted by molar-refractivity contribution is 6.36. The van der Waals surface area contributed by atoms with E-state index in [1.807, 2.05) is 20.8 Å². The lowest BCUT2D eigenvalue weighted by molar-refractivity contribution is -0.122. The van der Waals surface area contributed by atoms with Crippen molar-refractivity contribution in [3.05, 3.63) is 28.8 Å². The van der Waals surface area contributed by atoms with Gasteiger partial charge in [0.25, 0.3) is 5.91 Å². The lowest BCUT2D eigenvalue weighted by Gasteiger charge is -2.23. The van der Waals surface area contributed by atoms with Crippen molar-refractivity contribution < 1.29 is 9.59 Å². The second kappa shape index (κ2) is 6.13. The third-order valence-electron chi connectivity index (χ3n) is 2.50. The average Bonchev–Trinajstić information content (AvgIpc) is 2.29. The Kier molecular flexibility index (Phi) is 5.00. The summed E-state index contributed by atoms with van der Waals surface area (Å²) in [5.41, 5.74) is 5.95. The van der Waals surface area contributed by atoms with Gasteiger partial charge in [-0.25, -0.2) is 0 Å². The number of benzene rings is 1. The van der Waals surface area contributed by atoms with Gasteiger partial charge in [0.05, 0.1) is 22.8 Å². The van der Waals surface area contributed by atoms with Crippen LogP contribution in [-0.2, 0) is 4.79 Å². The smallest absolute Gasteiger partial charge is 0.255 e. The first-order valence-electron chi connectivity index (χ1n) is 6.22. The van der Waals surface area contributed by atoms with Gasteiger partial charge in [-0.1, -0.05) is 17.7 Å². The molecule has 0 unspecified atom stereocenters. The molecule has 0 aliphatic carbocycles. The Morgan fingerprint density at radius 2 is 1.95 bits per heavy atom. The molecular weight excluding hydrogens is 278 g/mol. The molecule has 2 amide bonds. The zero-order chi connectivity index (χ0) is 15.5. The van der Waals surface area contributed by atoms with Crippen molar-refractivity contribution >= 4 is 29.1 Å². The van der Waals surface area contributed by atoms with Crippen molar-refractivity contribution in [2.45, 2.75) is 26.3 Å². The zero-order valence-corrected chi connectivity index (χ0v) is 12.9. The van der Waals surface area contributed by atoms with Crippen molar-refractivity contribution in [3.8, 4) is 0 Å². The van der Waals surface area contributed by atoms with Crippen LogP contribution < -0.4 is 11.1 Å². The maximum atomic E-state index is 12.2. The average molecular weight is 298 g/mol. The summed E-state index contributed by atoms with van der Waals surface area (Å²) in [6, 6.07) is 4.85. The van der Waals surface area contributed by atoms with E-state index in [1.165, 1.54) is 4.90 Å². The first-order valence-corrected chi connectivity index (χ1v) is 6.60. The molecule has 1 rings (SSSR count). The molecule has 0 aliphatic rings. The molecule has 0 fully saturated rings. The first kappa shape index (κ1) is 16.3. The Labute approximate surface area is 124 Å². The van der Waals surface area contributed by atoms with Crippen LogP contribution in [0.4, 0.5) is 5.69 Å². The number of nitrogens with two attached hydrogens (primary N) is 1. The lowest BCUT2D eigenvalue weighted by Crippen LogP contribution is -2.46. The third-order valence-corrected chi connectivity index (χ3v) is 2.92. The lowest BCUT2D eigenvalue weighted by atomic mass is 10.1. The molecule has 20 heavy (non-hydrogen) atoms. The number of nitrogens with zero attached hydrogens (tertiary/aromatic N) is 1. The number of halogens is 1. The molecule has 1 aromatic carbocycles. The molecule has 0 radical (unpaired) electrons. The Morgan fingerprint density at radius 1 is 1.35 bits per heavy atom. The molecule has 110 valence electrons. The van der Waals surface area contributed by atoms with E-state index in [0.29, 0.717) is 5.69 Å². The second-order valence-electron chi connectivity index (χ2n) is 5.67. The van der Waals surface area contributed by atoms with E-state index >= 15 is 0 Å². The van der Waals surface area contributed by atoms with Crippen LogP contribution in [0.5, 0.6) is 0 Å². The summed E-state index contributed by atoms with van der Waals surface area (Å²) >= 11 is 6.00. The zero-order valence-electron chi connectivity index (χ0n) is 12.2. The van der Waals surface area contributed by atoms with Crippen molar-refractivity contribution in [2.24, 2.45) is 0 Å². The summed E-state index contributed by atoms with van der Waals surface area (Å²) in [6.45, 7) is 5.59. The largest absolute Gasteiger partial charge is 0.398 e. The summed E-state index contributed by atoms with van der Waals surface area (Å²) in [4.78, 5) is 25.3. The molecule has 1 aromatic rings. The number of likely N-dealkylation sites (N-methyl/N-ethyl adjacent to an activating group) is 1. The number of hydrogen-bond acceptors (Lipinski definition) is 3. The van der Waals surface area contributed by atoms with E-state index in [-0.39, 0.29) is 34.5 Å². The minimum absolute atomic E-state index is 0.0404. The van der Waals surface area contributed by atoms with Crippen LogP contribution in [0, 0.1) is 0 Å². The summed E-state index contributed by atoms with van der Waals surface area (Å²) in [5.74, 6) is -0.570. The quantitative estimate of drug-likeness (QED) is 0.837. The first-order chi connectivity index (χ1) is 9.11. The van der Waals surface area contributed by atoms with E-state index in [9.17, 15) is 9.59 Å².